The molecule has 1 aliphatic heterocycles. The molecule has 0 N–H and O–H groups in total. The van der Waals surface area contributed by atoms with Crippen LogP contribution in [-0.4, -0.2) is 40.7 Å². The standard InChI is InChI=1S/C20H31N3O2/c1-5-22-13-7-10-17(22)15-11-12-18(21-14-15)23(16-8-6-9-16)19(24)25-20(2,3)4/h11-12,14,16-17H,5-10,13H2,1-4H3. The van der Waals surface area contributed by atoms with Gasteiger partial charge in [-0.25, -0.2) is 9.78 Å². The van der Waals surface area contributed by atoms with E-state index < -0.39 is 5.60 Å². The Morgan fingerprint density at radius 2 is 2.04 bits per heavy atom. The molecule has 138 valence electrons. The fourth-order valence-electron chi connectivity index (χ4n) is 3.70. The van der Waals surface area contributed by atoms with Crippen LogP contribution in [0.25, 0.3) is 0 Å². The Labute approximate surface area is 151 Å². The van der Waals surface area contributed by atoms with Crippen LogP contribution >= 0.6 is 0 Å². The summed E-state index contributed by atoms with van der Waals surface area (Å²) >= 11 is 0. The normalized spacial score (nSPS) is 21.8. The van der Waals surface area contributed by atoms with Crippen molar-refractivity contribution in [1.82, 2.24) is 9.88 Å². The molecule has 1 atom stereocenters. The number of hydrogen-bond acceptors (Lipinski definition) is 4. The van der Waals surface area contributed by atoms with E-state index >= 15 is 0 Å². The molecule has 2 fully saturated rings. The molecular formula is C20H31N3O2. The molecule has 1 unspecified atom stereocenters. The maximum Gasteiger partial charge on any atom is 0.416 e. The highest BCUT2D eigenvalue weighted by Gasteiger charge is 2.34. The van der Waals surface area contributed by atoms with E-state index in [-0.39, 0.29) is 12.1 Å². The van der Waals surface area contributed by atoms with Crippen LogP contribution in [-0.2, 0) is 4.74 Å². The number of rotatable bonds is 4. The smallest absolute Gasteiger partial charge is 0.416 e. The van der Waals surface area contributed by atoms with E-state index in [0.717, 1.165) is 32.4 Å². The lowest BCUT2D eigenvalue weighted by molar-refractivity contribution is 0.0548. The van der Waals surface area contributed by atoms with Crippen LogP contribution in [0.1, 0.15) is 71.4 Å². The van der Waals surface area contributed by atoms with Crippen molar-refractivity contribution in [2.24, 2.45) is 0 Å². The number of likely N-dealkylation sites (tertiary alicyclic amines) is 1. The first-order chi connectivity index (χ1) is 11.9. The number of pyridine rings is 1. The summed E-state index contributed by atoms with van der Waals surface area (Å²) in [4.78, 5) is 21.6. The first-order valence-corrected chi connectivity index (χ1v) is 9.61. The second-order valence-electron chi connectivity index (χ2n) is 8.17. The molecule has 1 saturated heterocycles. The zero-order chi connectivity index (χ0) is 18.0. The van der Waals surface area contributed by atoms with Crippen molar-refractivity contribution in [2.75, 3.05) is 18.0 Å². The number of ether oxygens (including phenoxy) is 1. The first-order valence-electron chi connectivity index (χ1n) is 9.61. The topological polar surface area (TPSA) is 45.7 Å². The Morgan fingerprint density at radius 1 is 1.28 bits per heavy atom. The molecular weight excluding hydrogens is 314 g/mol. The fourth-order valence-corrected chi connectivity index (χ4v) is 3.70. The number of nitrogens with zero attached hydrogens (tertiary/aromatic N) is 3. The third-order valence-electron chi connectivity index (χ3n) is 5.20. The van der Waals surface area contributed by atoms with Gasteiger partial charge in [0, 0.05) is 18.3 Å². The maximum absolute atomic E-state index is 12.7. The van der Waals surface area contributed by atoms with E-state index in [2.05, 4.69) is 22.9 Å². The molecule has 2 aliphatic rings. The van der Waals surface area contributed by atoms with Gasteiger partial charge < -0.3 is 4.74 Å². The molecule has 25 heavy (non-hydrogen) atoms. The number of anilines is 1. The van der Waals surface area contributed by atoms with E-state index in [1.54, 1.807) is 4.90 Å². The van der Waals surface area contributed by atoms with E-state index in [4.69, 9.17) is 4.74 Å². The number of carbonyl (C=O) groups is 1. The zero-order valence-corrected chi connectivity index (χ0v) is 16.0. The Balaban J connectivity index is 1.78. The number of aromatic nitrogens is 1. The van der Waals surface area contributed by atoms with Crippen LogP contribution in [0.15, 0.2) is 18.3 Å². The summed E-state index contributed by atoms with van der Waals surface area (Å²) in [6.45, 7) is 10.1. The van der Waals surface area contributed by atoms with Crippen molar-refractivity contribution in [1.29, 1.82) is 0 Å². The molecule has 0 radical (unpaired) electrons. The number of hydrogen-bond donors (Lipinski definition) is 0. The van der Waals surface area contributed by atoms with Gasteiger partial charge in [-0.15, -0.1) is 0 Å². The molecule has 0 aromatic carbocycles. The van der Waals surface area contributed by atoms with Crippen molar-refractivity contribution in [2.45, 2.75) is 77.5 Å². The second kappa shape index (κ2) is 7.32. The number of carbonyl (C=O) groups excluding carboxylic acids is 1. The quantitative estimate of drug-likeness (QED) is 0.804. The summed E-state index contributed by atoms with van der Waals surface area (Å²) in [5, 5.41) is 0. The SMILES string of the molecule is CCN1CCCC1c1ccc(N(C(=O)OC(C)(C)C)C2CCC2)nc1. The van der Waals surface area contributed by atoms with Crippen molar-refractivity contribution in [3.63, 3.8) is 0 Å². The molecule has 0 spiro atoms. The predicted octanol–water partition coefficient (Wildman–Crippen LogP) is 4.53. The summed E-state index contributed by atoms with van der Waals surface area (Å²) in [5.41, 5.74) is 0.755. The maximum atomic E-state index is 12.7. The minimum absolute atomic E-state index is 0.215. The van der Waals surface area contributed by atoms with Crippen LogP contribution in [0.2, 0.25) is 0 Å². The average Bonchev–Trinajstić information content (AvgIpc) is 2.97. The van der Waals surface area contributed by atoms with Gasteiger partial charge >= 0.3 is 6.09 Å². The van der Waals surface area contributed by atoms with E-state index in [0.29, 0.717) is 11.9 Å². The lowest BCUT2D eigenvalue weighted by atomic mass is 9.91. The van der Waals surface area contributed by atoms with E-state index in [9.17, 15) is 4.79 Å². The molecule has 3 rings (SSSR count). The summed E-state index contributed by atoms with van der Waals surface area (Å²) in [6.07, 6.45) is 7.30. The summed E-state index contributed by atoms with van der Waals surface area (Å²) in [5.74, 6) is 0.712. The molecule has 2 heterocycles. The Bertz CT molecular complexity index is 590. The van der Waals surface area contributed by atoms with Gasteiger partial charge in [0.25, 0.3) is 0 Å². The summed E-state index contributed by atoms with van der Waals surface area (Å²) in [7, 11) is 0. The van der Waals surface area contributed by atoms with Gasteiger partial charge in [-0.1, -0.05) is 13.0 Å². The van der Waals surface area contributed by atoms with Crippen molar-refractivity contribution in [3.8, 4) is 0 Å². The van der Waals surface area contributed by atoms with Crippen LogP contribution in [0.3, 0.4) is 0 Å². The molecule has 1 aliphatic carbocycles. The molecule has 5 nitrogen and oxygen atoms in total. The first kappa shape index (κ1) is 18.2. The second-order valence-corrected chi connectivity index (χ2v) is 8.17. The minimum Gasteiger partial charge on any atom is -0.443 e. The van der Waals surface area contributed by atoms with Crippen molar-refractivity contribution < 1.29 is 9.53 Å². The average molecular weight is 345 g/mol. The van der Waals surface area contributed by atoms with Crippen LogP contribution in [0, 0.1) is 0 Å². The highest BCUT2D eigenvalue weighted by Crippen LogP contribution is 2.34. The van der Waals surface area contributed by atoms with Crippen molar-refractivity contribution in [3.05, 3.63) is 23.9 Å². The Hall–Kier alpha value is -1.62. The minimum atomic E-state index is -0.496. The lowest BCUT2D eigenvalue weighted by Gasteiger charge is -2.37. The van der Waals surface area contributed by atoms with Crippen LogP contribution in [0.4, 0.5) is 10.6 Å². The highest BCUT2D eigenvalue weighted by molar-refractivity contribution is 5.87. The molecule has 1 amide bonds. The van der Waals surface area contributed by atoms with Gasteiger partial charge in [0.1, 0.15) is 11.4 Å². The van der Waals surface area contributed by atoms with Gasteiger partial charge in [0.15, 0.2) is 0 Å². The molecule has 1 saturated carbocycles. The van der Waals surface area contributed by atoms with Crippen LogP contribution in [0.5, 0.6) is 0 Å². The third-order valence-corrected chi connectivity index (χ3v) is 5.20. The zero-order valence-electron chi connectivity index (χ0n) is 16.0. The summed E-state index contributed by atoms with van der Waals surface area (Å²) < 4.78 is 5.61. The van der Waals surface area contributed by atoms with E-state index in [1.807, 2.05) is 33.0 Å². The fraction of sp³-hybridized carbons (Fsp3) is 0.700. The highest BCUT2D eigenvalue weighted by atomic mass is 16.6. The number of amides is 1. The van der Waals surface area contributed by atoms with E-state index in [1.165, 1.54) is 18.4 Å². The third kappa shape index (κ3) is 4.14. The Kier molecular flexibility index (Phi) is 5.32. The molecule has 1 aromatic heterocycles. The Morgan fingerprint density at radius 3 is 2.56 bits per heavy atom. The largest absolute Gasteiger partial charge is 0.443 e. The van der Waals surface area contributed by atoms with Crippen molar-refractivity contribution >= 4 is 11.9 Å². The predicted molar refractivity (Wildman–Crippen MR) is 99.8 cm³/mol. The van der Waals surface area contributed by atoms with Gasteiger partial charge in [-0.3, -0.25) is 9.80 Å². The monoisotopic (exact) mass is 345 g/mol. The van der Waals surface area contributed by atoms with Gasteiger partial charge in [0.2, 0.25) is 0 Å². The lowest BCUT2D eigenvalue weighted by Crippen LogP contribution is -2.47. The van der Waals surface area contributed by atoms with Crippen LogP contribution < -0.4 is 4.90 Å². The molecule has 5 heteroatoms. The van der Waals surface area contributed by atoms with Gasteiger partial charge in [0.05, 0.1) is 0 Å². The van der Waals surface area contributed by atoms with Gasteiger partial charge in [-0.2, -0.15) is 0 Å². The van der Waals surface area contributed by atoms with Gasteiger partial charge in [-0.05, 0) is 77.6 Å². The molecule has 1 aromatic rings. The summed E-state index contributed by atoms with van der Waals surface area (Å²) in [6, 6.07) is 4.80. The molecule has 0 bridgehead atoms.